The molecule has 3 aromatic carbocycles. The van der Waals surface area contributed by atoms with Crippen LogP contribution in [0.1, 0.15) is 21.5 Å². The van der Waals surface area contributed by atoms with E-state index < -0.39 is 0 Å². The van der Waals surface area contributed by atoms with Crippen LogP contribution in [0.25, 0.3) is 0 Å². The van der Waals surface area contributed by atoms with Gasteiger partial charge >= 0.3 is 0 Å². The number of nitrogens with zero attached hydrogens (tertiary/aromatic N) is 2. The SMILES string of the molecule is O=C1CN(C(=O)c2ccc(OCCOCc3ccccc3)cc2Cl)c2ccccc2CN1CCO. The topological polar surface area (TPSA) is 79.3 Å². The summed E-state index contributed by atoms with van der Waals surface area (Å²) in [7, 11) is 0. The second kappa shape index (κ2) is 11.8. The predicted octanol–water partition coefficient (Wildman–Crippen LogP) is 3.92. The molecule has 1 N–H and O–H groups in total. The molecule has 0 bridgehead atoms. The molecule has 182 valence electrons. The van der Waals surface area contributed by atoms with Crippen molar-refractivity contribution in [3.8, 4) is 5.75 Å². The highest BCUT2D eigenvalue weighted by Gasteiger charge is 2.30. The van der Waals surface area contributed by atoms with Gasteiger partial charge in [-0.15, -0.1) is 0 Å². The summed E-state index contributed by atoms with van der Waals surface area (Å²) in [4.78, 5) is 29.2. The summed E-state index contributed by atoms with van der Waals surface area (Å²) in [6.45, 7) is 1.50. The number of amides is 2. The minimum absolute atomic E-state index is 0.136. The fourth-order valence-corrected chi connectivity index (χ4v) is 4.17. The molecule has 1 aliphatic heterocycles. The van der Waals surface area contributed by atoms with E-state index in [1.165, 1.54) is 4.90 Å². The molecule has 35 heavy (non-hydrogen) atoms. The van der Waals surface area contributed by atoms with Crippen molar-refractivity contribution in [2.75, 3.05) is 37.8 Å². The minimum Gasteiger partial charge on any atom is -0.491 e. The van der Waals surface area contributed by atoms with Gasteiger partial charge in [-0.25, -0.2) is 0 Å². The van der Waals surface area contributed by atoms with Gasteiger partial charge in [0.1, 0.15) is 18.9 Å². The number of carbonyl (C=O) groups is 2. The molecule has 0 fully saturated rings. The standard InChI is InChI=1S/C27H27ClN2O5/c28-24-16-22(35-15-14-34-19-20-6-2-1-3-7-20)10-11-23(24)27(33)30-18-26(32)29(12-13-31)17-21-8-4-5-9-25(21)30/h1-11,16,31H,12-15,17-19H2. The van der Waals surface area contributed by atoms with Gasteiger partial charge in [0.2, 0.25) is 5.91 Å². The highest BCUT2D eigenvalue weighted by atomic mass is 35.5. The van der Waals surface area contributed by atoms with Crippen molar-refractivity contribution in [3.05, 3.63) is 94.5 Å². The monoisotopic (exact) mass is 494 g/mol. The predicted molar refractivity (Wildman–Crippen MR) is 134 cm³/mol. The summed E-state index contributed by atoms with van der Waals surface area (Å²) in [6.07, 6.45) is 0. The van der Waals surface area contributed by atoms with Crippen LogP contribution >= 0.6 is 11.6 Å². The van der Waals surface area contributed by atoms with Gasteiger partial charge in [-0.3, -0.25) is 14.5 Å². The molecule has 0 aromatic heterocycles. The number of halogens is 1. The first-order chi connectivity index (χ1) is 17.1. The maximum Gasteiger partial charge on any atom is 0.260 e. The van der Waals surface area contributed by atoms with E-state index in [1.54, 1.807) is 23.1 Å². The van der Waals surface area contributed by atoms with E-state index in [2.05, 4.69) is 0 Å². The largest absolute Gasteiger partial charge is 0.491 e. The Bertz CT molecular complexity index is 1170. The Morgan fingerprint density at radius 1 is 0.971 bits per heavy atom. The van der Waals surface area contributed by atoms with Crippen molar-refractivity contribution in [1.82, 2.24) is 4.90 Å². The Morgan fingerprint density at radius 2 is 1.74 bits per heavy atom. The number of hydrogen-bond donors (Lipinski definition) is 1. The summed E-state index contributed by atoms with van der Waals surface area (Å²) in [5, 5.41) is 9.56. The third-order valence-corrected chi connectivity index (χ3v) is 6.00. The number of aliphatic hydroxyl groups is 1. The zero-order valence-electron chi connectivity index (χ0n) is 19.2. The average Bonchev–Trinajstić information content (AvgIpc) is 3.01. The molecule has 0 saturated heterocycles. The lowest BCUT2D eigenvalue weighted by molar-refractivity contribution is -0.130. The number of hydrogen-bond acceptors (Lipinski definition) is 5. The van der Waals surface area contributed by atoms with Crippen LogP contribution in [0.4, 0.5) is 5.69 Å². The van der Waals surface area contributed by atoms with Crippen molar-refractivity contribution in [2.45, 2.75) is 13.2 Å². The molecule has 3 aromatic rings. The molecular formula is C27H27ClN2O5. The summed E-state index contributed by atoms with van der Waals surface area (Å²) in [5.74, 6) is -0.0918. The van der Waals surface area contributed by atoms with E-state index in [9.17, 15) is 14.7 Å². The molecule has 4 rings (SSSR count). The molecule has 1 aliphatic rings. The Kier molecular flexibility index (Phi) is 8.36. The van der Waals surface area contributed by atoms with Crippen molar-refractivity contribution in [3.63, 3.8) is 0 Å². The van der Waals surface area contributed by atoms with Crippen LogP contribution in [0.3, 0.4) is 0 Å². The molecule has 0 radical (unpaired) electrons. The highest BCUT2D eigenvalue weighted by Crippen LogP contribution is 2.30. The maximum absolute atomic E-state index is 13.5. The van der Waals surface area contributed by atoms with Crippen LogP contribution in [0.2, 0.25) is 5.02 Å². The number of carbonyl (C=O) groups excluding carboxylic acids is 2. The number of benzene rings is 3. The van der Waals surface area contributed by atoms with Crippen LogP contribution in [-0.2, 0) is 22.7 Å². The lowest BCUT2D eigenvalue weighted by Crippen LogP contribution is -2.41. The molecule has 0 atom stereocenters. The molecule has 7 nitrogen and oxygen atoms in total. The quantitative estimate of drug-likeness (QED) is 0.456. The van der Waals surface area contributed by atoms with Crippen LogP contribution in [0.15, 0.2) is 72.8 Å². The fourth-order valence-electron chi connectivity index (χ4n) is 3.91. The first-order valence-electron chi connectivity index (χ1n) is 11.4. The number of β-amino-alcohol motifs (C(OH)–C–C–N with tert-alkyl or cyclic N) is 1. The molecule has 0 aliphatic carbocycles. The van der Waals surface area contributed by atoms with Crippen molar-refractivity contribution < 1.29 is 24.2 Å². The smallest absolute Gasteiger partial charge is 0.260 e. The molecule has 0 spiro atoms. The average molecular weight is 495 g/mol. The normalized spacial score (nSPS) is 13.4. The Labute approximate surface area is 209 Å². The van der Waals surface area contributed by atoms with E-state index in [4.69, 9.17) is 21.1 Å². The van der Waals surface area contributed by atoms with Gasteiger partial charge in [-0.1, -0.05) is 60.1 Å². The number of para-hydroxylation sites is 1. The van der Waals surface area contributed by atoms with E-state index in [-0.39, 0.29) is 42.1 Å². The Morgan fingerprint density at radius 3 is 2.51 bits per heavy atom. The highest BCUT2D eigenvalue weighted by molar-refractivity contribution is 6.34. The van der Waals surface area contributed by atoms with Gasteiger partial charge in [0.25, 0.3) is 5.91 Å². The van der Waals surface area contributed by atoms with Crippen LogP contribution in [-0.4, -0.2) is 54.7 Å². The first-order valence-corrected chi connectivity index (χ1v) is 11.8. The van der Waals surface area contributed by atoms with Crippen LogP contribution in [0, 0.1) is 0 Å². The molecule has 1 heterocycles. The fraction of sp³-hybridized carbons (Fsp3) is 0.259. The van der Waals surface area contributed by atoms with E-state index in [0.29, 0.717) is 37.8 Å². The lowest BCUT2D eigenvalue weighted by atomic mass is 10.1. The molecular weight excluding hydrogens is 468 g/mol. The van der Waals surface area contributed by atoms with Crippen molar-refractivity contribution in [2.24, 2.45) is 0 Å². The summed E-state index contributed by atoms with van der Waals surface area (Å²) in [5.41, 5.74) is 2.84. The van der Waals surface area contributed by atoms with E-state index in [1.807, 2.05) is 54.6 Å². The Hall–Kier alpha value is -3.39. The molecule has 2 amide bonds. The summed E-state index contributed by atoms with van der Waals surface area (Å²) >= 11 is 6.46. The van der Waals surface area contributed by atoms with Crippen molar-refractivity contribution >= 4 is 29.1 Å². The minimum atomic E-state index is -0.376. The number of aliphatic hydroxyl groups excluding tert-OH is 1. The van der Waals surface area contributed by atoms with Gasteiger partial charge in [0.15, 0.2) is 0 Å². The first kappa shape index (κ1) is 24.7. The van der Waals surface area contributed by atoms with Gasteiger partial charge in [0.05, 0.1) is 30.4 Å². The second-order valence-electron chi connectivity index (χ2n) is 8.09. The number of ether oxygens (including phenoxy) is 2. The van der Waals surface area contributed by atoms with Gasteiger partial charge in [-0.05, 0) is 35.4 Å². The van der Waals surface area contributed by atoms with Gasteiger partial charge in [0, 0.05) is 18.8 Å². The zero-order chi connectivity index (χ0) is 24.6. The summed E-state index contributed by atoms with van der Waals surface area (Å²) in [6, 6.07) is 22.1. The lowest BCUT2D eigenvalue weighted by Gasteiger charge is -2.23. The molecule has 0 saturated carbocycles. The van der Waals surface area contributed by atoms with Crippen LogP contribution < -0.4 is 9.64 Å². The number of anilines is 1. The zero-order valence-corrected chi connectivity index (χ0v) is 20.0. The van der Waals surface area contributed by atoms with Gasteiger partial charge < -0.3 is 19.5 Å². The number of fused-ring (bicyclic) bond motifs is 1. The maximum atomic E-state index is 13.5. The second-order valence-corrected chi connectivity index (χ2v) is 8.49. The van der Waals surface area contributed by atoms with E-state index in [0.717, 1.165) is 11.1 Å². The Balaban J connectivity index is 1.41. The molecule has 8 heteroatoms. The van der Waals surface area contributed by atoms with Crippen molar-refractivity contribution in [1.29, 1.82) is 0 Å². The van der Waals surface area contributed by atoms with E-state index >= 15 is 0 Å². The third kappa shape index (κ3) is 6.19. The number of rotatable bonds is 9. The summed E-state index contributed by atoms with van der Waals surface area (Å²) < 4.78 is 11.3. The van der Waals surface area contributed by atoms with Crippen LogP contribution in [0.5, 0.6) is 5.75 Å². The van der Waals surface area contributed by atoms with Gasteiger partial charge in [-0.2, -0.15) is 0 Å². The molecule has 0 unspecified atom stereocenters. The third-order valence-electron chi connectivity index (χ3n) is 5.68.